The van der Waals surface area contributed by atoms with Crippen molar-refractivity contribution in [1.82, 2.24) is 0 Å². The molecule has 0 aromatic carbocycles. The van der Waals surface area contributed by atoms with E-state index < -0.39 is 0 Å². The number of hydrogen-bond donors (Lipinski definition) is 1. The van der Waals surface area contributed by atoms with Gasteiger partial charge in [0.1, 0.15) is 0 Å². The third-order valence-electron chi connectivity index (χ3n) is 1.68. The average molecular weight is 126 g/mol. The van der Waals surface area contributed by atoms with Crippen LogP contribution in [0.5, 0.6) is 0 Å². The molecule has 1 N–H and O–H groups in total. The maximum Gasteiger partial charge on any atom is 0.184 e. The van der Waals surface area contributed by atoms with Gasteiger partial charge in [0.05, 0.1) is 0 Å². The monoisotopic (exact) mass is 126 g/mol. The van der Waals surface area contributed by atoms with Crippen LogP contribution >= 0.6 is 0 Å². The zero-order valence-corrected chi connectivity index (χ0v) is 5.26. The van der Waals surface area contributed by atoms with Gasteiger partial charge in [0, 0.05) is 0 Å². The fourth-order valence-electron chi connectivity index (χ4n) is 1.14. The number of hydrogen-bond acceptors (Lipinski definition) is 2. The first kappa shape index (κ1) is 6.33. The first-order chi connectivity index (χ1) is 4.34. The quantitative estimate of drug-likeness (QED) is 0.329. The highest BCUT2D eigenvalue weighted by Crippen LogP contribution is 2.24. The maximum atomic E-state index is 9.98. The van der Waals surface area contributed by atoms with Crippen LogP contribution in [-0.2, 0) is 4.79 Å². The Morgan fingerprint density at radius 2 is 2.00 bits per heavy atom. The molecular weight excluding hydrogens is 116 g/mol. The summed E-state index contributed by atoms with van der Waals surface area (Å²) in [6, 6.07) is 0. The van der Waals surface area contributed by atoms with Crippen molar-refractivity contribution in [2.75, 3.05) is 0 Å². The van der Waals surface area contributed by atoms with Gasteiger partial charge in [-0.3, -0.25) is 4.79 Å². The highest BCUT2D eigenvalue weighted by Gasteiger charge is 2.10. The molecule has 0 bridgehead atoms. The van der Waals surface area contributed by atoms with Crippen LogP contribution in [0.25, 0.3) is 0 Å². The molecule has 1 rings (SSSR count). The predicted octanol–water partition coefficient (Wildman–Crippen LogP) is 1.57. The summed E-state index contributed by atoms with van der Waals surface area (Å²) in [4.78, 5) is 9.98. The zero-order valence-electron chi connectivity index (χ0n) is 5.26. The van der Waals surface area contributed by atoms with Gasteiger partial charge in [0.25, 0.3) is 0 Å². The summed E-state index contributed by atoms with van der Waals surface area (Å²) in [5.74, 6) is -0.0347. The van der Waals surface area contributed by atoms with Gasteiger partial charge in [0.15, 0.2) is 12.0 Å². The predicted molar refractivity (Wildman–Crippen MR) is 34.2 cm³/mol. The molecule has 1 aliphatic rings. The third kappa shape index (κ3) is 1.31. The van der Waals surface area contributed by atoms with E-state index in [0.717, 1.165) is 31.3 Å². The van der Waals surface area contributed by atoms with Crippen molar-refractivity contribution in [1.29, 1.82) is 0 Å². The Morgan fingerprint density at radius 3 is 2.44 bits per heavy atom. The van der Waals surface area contributed by atoms with Gasteiger partial charge in [-0.1, -0.05) is 0 Å². The summed E-state index contributed by atoms with van der Waals surface area (Å²) in [6.45, 7) is 0. The zero-order chi connectivity index (χ0) is 6.69. The lowest BCUT2D eigenvalue weighted by Gasteiger charge is -1.92. The summed E-state index contributed by atoms with van der Waals surface area (Å²) < 4.78 is 0. The van der Waals surface area contributed by atoms with Crippen LogP contribution < -0.4 is 0 Å². The smallest absolute Gasteiger partial charge is 0.184 e. The molecule has 0 aliphatic heterocycles. The Kier molecular flexibility index (Phi) is 1.88. The van der Waals surface area contributed by atoms with E-state index in [2.05, 4.69) is 0 Å². The molecule has 0 heterocycles. The molecule has 9 heavy (non-hydrogen) atoms. The molecule has 2 nitrogen and oxygen atoms in total. The summed E-state index contributed by atoms with van der Waals surface area (Å²) in [5, 5.41) is 8.87. The van der Waals surface area contributed by atoms with Crippen LogP contribution in [0, 0.1) is 0 Å². The molecule has 1 saturated carbocycles. The molecule has 0 atom stereocenters. The average Bonchev–Trinajstić information content (AvgIpc) is 2.37. The van der Waals surface area contributed by atoms with Gasteiger partial charge in [-0.15, -0.1) is 0 Å². The summed E-state index contributed by atoms with van der Waals surface area (Å²) in [7, 11) is 0. The molecule has 0 aromatic heterocycles. The standard InChI is InChI=1S/C7H10O2/c8-5-7(9)6-3-1-2-4-6/h5,9H,1-4H2. The largest absolute Gasteiger partial charge is 0.505 e. The molecular formula is C7H10O2. The van der Waals surface area contributed by atoms with E-state index >= 15 is 0 Å². The van der Waals surface area contributed by atoms with Crippen molar-refractivity contribution in [3.63, 3.8) is 0 Å². The normalized spacial score (nSPS) is 18.0. The summed E-state index contributed by atoms with van der Waals surface area (Å²) >= 11 is 0. The Bertz CT molecular complexity index is 139. The summed E-state index contributed by atoms with van der Waals surface area (Å²) in [6.07, 6.45) is 4.58. The number of aldehydes is 1. The van der Waals surface area contributed by atoms with Crippen molar-refractivity contribution in [3.05, 3.63) is 11.3 Å². The maximum absolute atomic E-state index is 9.98. The molecule has 0 saturated heterocycles. The first-order valence-electron chi connectivity index (χ1n) is 3.21. The fourth-order valence-corrected chi connectivity index (χ4v) is 1.14. The second kappa shape index (κ2) is 2.67. The SMILES string of the molecule is O=CC(O)=C1CCCC1. The van der Waals surface area contributed by atoms with Gasteiger partial charge < -0.3 is 5.11 Å². The minimum Gasteiger partial charge on any atom is -0.505 e. The molecule has 2 heteroatoms. The first-order valence-corrected chi connectivity index (χ1v) is 3.21. The third-order valence-corrected chi connectivity index (χ3v) is 1.68. The van der Waals surface area contributed by atoms with E-state index in [-0.39, 0.29) is 5.76 Å². The van der Waals surface area contributed by atoms with Crippen molar-refractivity contribution in [2.24, 2.45) is 0 Å². The topological polar surface area (TPSA) is 37.3 Å². The Labute approximate surface area is 54.2 Å². The number of aliphatic hydroxyl groups excluding tert-OH is 1. The lowest BCUT2D eigenvalue weighted by atomic mass is 10.2. The minimum atomic E-state index is -0.0347. The summed E-state index contributed by atoms with van der Waals surface area (Å²) in [5.41, 5.74) is 0.935. The highest BCUT2D eigenvalue weighted by molar-refractivity contribution is 5.70. The van der Waals surface area contributed by atoms with Gasteiger partial charge in [-0.25, -0.2) is 0 Å². The van der Waals surface area contributed by atoms with Gasteiger partial charge in [-0.2, -0.15) is 0 Å². The molecule has 0 aromatic rings. The lowest BCUT2D eigenvalue weighted by molar-refractivity contribution is -0.107. The second-order valence-corrected chi connectivity index (χ2v) is 2.31. The lowest BCUT2D eigenvalue weighted by Crippen LogP contribution is -1.86. The van der Waals surface area contributed by atoms with Crippen LogP contribution in [-0.4, -0.2) is 11.4 Å². The Hall–Kier alpha value is -0.790. The molecule has 0 spiro atoms. The molecule has 0 radical (unpaired) electrons. The fraction of sp³-hybridized carbons (Fsp3) is 0.571. The van der Waals surface area contributed by atoms with Crippen LogP contribution in [0.4, 0.5) is 0 Å². The van der Waals surface area contributed by atoms with Crippen LogP contribution in [0.1, 0.15) is 25.7 Å². The molecule has 0 amide bonds. The molecule has 1 fully saturated rings. The van der Waals surface area contributed by atoms with Gasteiger partial charge in [0.2, 0.25) is 0 Å². The van der Waals surface area contributed by atoms with Gasteiger partial charge >= 0.3 is 0 Å². The number of allylic oxidation sites excluding steroid dienone is 2. The highest BCUT2D eigenvalue weighted by atomic mass is 16.3. The number of carbonyl (C=O) groups excluding carboxylic acids is 1. The van der Waals surface area contributed by atoms with E-state index in [4.69, 9.17) is 5.11 Å². The van der Waals surface area contributed by atoms with Crippen LogP contribution in [0.15, 0.2) is 11.3 Å². The molecule has 1 aliphatic carbocycles. The van der Waals surface area contributed by atoms with E-state index in [1.54, 1.807) is 0 Å². The van der Waals surface area contributed by atoms with Crippen LogP contribution in [0.2, 0.25) is 0 Å². The molecule has 50 valence electrons. The number of carbonyl (C=O) groups is 1. The van der Waals surface area contributed by atoms with Crippen molar-refractivity contribution in [3.8, 4) is 0 Å². The Morgan fingerprint density at radius 1 is 1.44 bits per heavy atom. The number of rotatable bonds is 1. The van der Waals surface area contributed by atoms with Crippen LogP contribution in [0.3, 0.4) is 0 Å². The van der Waals surface area contributed by atoms with E-state index in [1.807, 2.05) is 0 Å². The minimum absolute atomic E-state index is 0.0347. The number of aliphatic hydroxyl groups is 1. The van der Waals surface area contributed by atoms with Crippen molar-refractivity contribution >= 4 is 6.29 Å². The second-order valence-electron chi connectivity index (χ2n) is 2.31. The van der Waals surface area contributed by atoms with Crippen molar-refractivity contribution < 1.29 is 9.90 Å². The molecule has 0 unspecified atom stereocenters. The van der Waals surface area contributed by atoms with E-state index in [0.29, 0.717) is 6.29 Å². The Balaban J connectivity index is 2.66. The van der Waals surface area contributed by atoms with E-state index in [9.17, 15) is 4.79 Å². The van der Waals surface area contributed by atoms with Crippen molar-refractivity contribution in [2.45, 2.75) is 25.7 Å². The van der Waals surface area contributed by atoms with Gasteiger partial charge in [-0.05, 0) is 31.3 Å². The van der Waals surface area contributed by atoms with E-state index in [1.165, 1.54) is 0 Å².